The first-order valence-electron chi connectivity index (χ1n) is 9.13. The fourth-order valence-electron chi connectivity index (χ4n) is 4.43. The van der Waals surface area contributed by atoms with Gasteiger partial charge in [0.15, 0.2) is 0 Å². The first-order valence-corrected chi connectivity index (χ1v) is 9.13. The minimum absolute atomic E-state index is 0.137. The van der Waals surface area contributed by atoms with Gasteiger partial charge in [0.25, 0.3) is 0 Å². The molecule has 2 bridgehead atoms. The van der Waals surface area contributed by atoms with Crippen LogP contribution in [0.3, 0.4) is 0 Å². The largest absolute Gasteiger partial charge is 0.335 e. The van der Waals surface area contributed by atoms with Crippen molar-refractivity contribution in [3.63, 3.8) is 0 Å². The first-order chi connectivity index (χ1) is 11.7. The molecule has 0 aliphatic carbocycles. The van der Waals surface area contributed by atoms with Crippen molar-refractivity contribution >= 4 is 11.7 Å². The van der Waals surface area contributed by atoms with Crippen molar-refractivity contribution in [2.45, 2.75) is 63.6 Å². The van der Waals surface area contributed by atoms with Gasteiger partial charge in [0.2, 0.25) is 0 Å². The van der Waals surface area contributed by atoms with Gasteiger partial charge >= 0.3 is 6.03 Å². The quantitative estimate of drug-likeness (QED) is 0.792. The van der Waals surface area contributed by atoms with Crippen molar-refractivity contribution in [3.8, 4) is 6.07 Å². The van der Waals surface area contributed by atoms with Gasteiger partial charge in [-0.15, -0.1) is 0 Å². The summed E-state index contributed by atoms with van der Waals surface area (Å²) < 4.78 is 0. The maximum absolute atomic E-state index is 12.3. The van der Waals surface area contributed by atoms with E-state index in [2.05, 4.69) is 23.6 Å². The second kappa shape index (κ2) is 7.67. The molecule has 2 aliphatic heterocycles. The van der Waals surface area contributed by atoms with Gasteiger partial charge in [0, 0.05) is 24.6 Å². The molecule has 0 radical (unpaired) electrons. The van der Waals surface area contributed by atoms with Crippen molar-refractivity contribution in [2.24, 2.45) is 0 Å². The predicted molar refractivity (Wildman–Crippen MR) is 93.9 cm³/mol. The second-order valence-corrected chi connectivity index (χ2v) is 7.11. The molecule has 1 aromatic rings. The molecule has 2 fully saturated rings. The number of anilines is 1. The van der Waals surface area contributed by atoms with Gasteiger partial charge in [-0.1, -0.05) is 6.92 Å². The van der Waals surface area contributed by atoms with Crippen LogP contribution >= 0.6 is 0 Å². The Hall–Kier alpha value is -2.06. The average molecular weight is 327 g/mol. The smallest absolute Gasteiger partial charge is 0.319 e. The van der Waals surface area contributed by atoms with E-state index in [9.17, 15) is 4.79 Å². The van der Waals surface area contributed by atoms with Crippen LogP contribution in [0.2, 0.25) is 0 Å². The molecule has 3 rings (SSSR count). The number of piperidine rings is 2. The van der Waals surface area contributed by atoms with Crippen LogP contribution in [0.15, 0.2) is 24.3 Å². The van der Waals surface area contributed by atoms with E-state index in [0.29, 0.717) is 17.6 Å². The van der Waals surface area contributed by atoms with E-state index in [-0.39, 0.29) is 12.1 Å². The number of rotatable bonds is 4. The number of urea groups is 1. The van der Waals surface area contributed by atoms with Gasteiger partial charge in [-0.25, -0.2) is 4.79 Å². The third-order valence-corrected chi connectivity index (χ3v) is 5.44. The number of hydrogen-bond donors (Lipinski definition) is 3. The minimum atomic E-state index is -0.137. The molecule has 3 N–H and O–H groups in total. The summed E-state index contributed by atoms with van der Waals surface area (Å²) in [4.78, 5) is 14.0. The van der Waals surface area contributed by atoms with Gasteiger partial charge < -0.3 is 15.5 Å². The maximum Gasteiger partial charge on any atom is 0.319 e. The lowest BCUT2D eigenvalue weighted by Gasteiger charge is -2.45. The van der Waals surface area contributed by atoms with E-state index in [4.69, 9.17) is 5.26 Å². The normalized spacial score (nSPS) is 28.7. The van der Waals surface area contributed by atoms with Gasteiger partial charge in [-0.3, -0.25) is 0 Å². The van der Waals surface area contributed by atoms with Crippen LogP contribution in [0.5, 0.6) is 0 Å². The Bertz CT molecular complexity index is 593. The summed E-state index contributed by atoms with van der Waals surface area (Å²) in [7, 11) is 0. The Morgan fingerprint density at radius 2 is 1.92 bits per heavy atom. The highest BCUT2D eigenvalue weighted by Gasteiger charge is 2.41. The lowest BCUT2D eigenvalue weighted by Crippen LogP contribution is -3.21. The molecule has 2 aliphatic rings. The molecule has 2 saturated heterocycles. The number of nitrogens with one attached hydrogen (secondary N) is 3. The molecule has 0 aromatic heterocycles. The molecule has 128 valence electrons. The summed E-state index contributed by atoms with van der Waals surface area (Å²) in [6.45, 7) is 3.53. The minimum Gasteiger partial charge on any atom is -0.335 e. The van der Waals surface area contributed by atoms with Gasteiger partial charge in [-0.2, -0.15) is 5.26 Å². The van der Waals surface area contributed by atoms with Crippen molar-refractivity contribution in [3.05, 3.63) is 29.8 Å². The van der Waals surface area contributed by atoms with E-state index >= 15 is 0 Å². The average Bonchev–Trinajstić information content (AvgIpc) is 2.56. The number of nitrogens with zero attached hydrogens (tertiary/aromatic N) is 1. The van der Waals surface area contributed by atoms with Crippen molar-refractivity contribution < 1.29 is 9.69 Å². The molecule has 24 heavy (non-hydrogen) atoms. The molecule has 5 nitrogen and oxygen atoms in total. The number of carbonyl (C=O) groups is 1. The first kappa shape index (κ1) is 16.8. The number of carbonyl (C=O) groups excluding carboxylic acids is 1. The van der Waals surface area contributed by atoms with E-state index < -0.39 is 0 Å². The summed E-state index contributed by atoms with van der Waals surface area (Å²) in [6.07, 6.45) is 7.34. The molecule has 1 aromatic carbocycles. The SMILES string of the molecule is CCC[NH+]1[C@@H]2CCC[C@H]1CC(NC(=O)Nc1ccc(C#N)cc1)C2. The van der Waals surface area contributed by atoms with Gasteiger partial charge in [0.05, 0.1) is 30.3 Å². The van der Waals surface area contributed by atoms with Crippen LogP contribution in [-0.4, -0.2) is 30.7 Å². The van der Waals surface area contributed by atoms with Crippen LogP contribution in [0.25, 0.3) is 0 Å². The maximum atomic E-state index is 12.3. The lowest BCUT2D eigenvalue weighted by molar-refractivity contribution is -0.961. The molecule has 0 spiro atoms. The van der Waals surface area contributed by atoms with E-state index in [0.717, 1.165) is 18.5 Å². The van der Waals surface area contributed by atoms with Crippen LogP contribution in [0.1, 0.15) is 51.0 Å². The molecular formula is C19H27N4O+. The molecule has 0 saturated carbocycles. The van der Waals surface area contributed by atoms with Crippen molar-refractivity contribution in [1.29, 1.82) is 5.26 Å². The zero-order valence-corrected chi connectivity index (χ0v) is 14.3. The number of benzene rings is 1. The van der Waals surface area contributed by atoms with Crippen molar-refractivity contribution in [2.75, 3.05) is 11.9 Å². The van der Waals surface area contributed by atoms with Crippen LogP contribution in [0, 0.1) is 11.3 Å². The Labute approximate surface area is 144 Å². The molecular weight excluding hydrogens is 300 g/mol. The topological polar surface area (TPSA) is 69.4 Å². The fourth-order valence-corrected chi connectivity index (χ4v) is 4.43. The monoisotopic (exact) mass is 327 g/mol. The number of amides is 2. The number of fused-ring (bicyclic) bond motifs is 2. The summed E-state index contributed by atoms with van der Waals surface area (Å²) in [5.74, 6) is 0. The lowest BCUT2D eigenvalue weighted by atomic mass is 9.81. The predicted octanol–water partition coefficient (Wildman–Crippen LogP) is 2.06. The third-order valence-electron chi connectivity index (χ3n) is 5.44. The van der Waals surface area contributed by atoms with Crippen LogP contribution in [0.4, 0.5) is 10.5 Å². The summed E-state index contributed by atoms with van der Waals surface area (Å²) >= 11 is 0. The molecule has 2 amide bonds. The Balaban J connectivity index is 1.54. The van der Waals surface area contributed by atoms with E-state index in [1.807, 2.05) is 0 Å². The Kier molecular flexibility index (Phi) is 5.37. The highest BCUT2D eigenvalue weighted by molar-refractivity contribution is 5.89. The second-order valence-electron chi connectivity index (χ2n) is 7.11. The van der Waals surface area contributed by atoms with Gasteiger partial charge in [0.1, 0.15) is 0 Å². The molecule has 2 unspecified atom stereocenters. The van der Waals surface area contributed by atoms with Crippen LogP contribution in [-0.2, 0) is 0 Å². The van der Waals surface area contributed by atoms with E-state index in [1.165, 1.54) is 32.2 Å². The third kappa shape index (κ3) is 3.88. The Morgan fingerprint density at radius 3 is 2.50 bits per heavy atom. The fraction of sp³-hybridized carbons (Fsp3) is 0.579. The van der Waals surface area contributed by atoms with Gasteiger partial charge in [-0.05, 0) is 49.9 Å². The zero-order valence-electron chi connectivity index (χ0n) is 14.3. The number of hydrogen-bond acceptors (Lipinski definition) is 2. The summed E-state index contributed by atoms with van der Waals surface area (Å²) in [6, 6.07) is 10.6. The summed E-state index contributed by atoms with van der Waals surface area (Å²) in [5.41, 5.74) is 1.32. The van der Waals surface area contributed by atoms with Crippen LogP contribution < -0.4 is 15.5 Å². The van der Waals surface area contributed by atoms with E-state index in [1.54, 1.807) is 29.2 Å². The summed E-state index contributed by atoms with van der Waals surface area (Å²) in [5, 5.41) is 14.8. The van der Waals surface area contributed by atoms with Crippen molar-refractivity contribution in [1.82, 2.24) is 5.32 Å². The zero-order chi connectivity index (χ0) is 16.9. The number of quaternary nitrogens is 1. The highest BCUT2D eigenvalue weighted by atomic mass is 16.2. The number of nitriles is 1. The highest BCUT2D eigenvalue weighted by Crippen LogP contribution is 2.22. The molecule has 5 heteroatoms. The standard InChI is InChI=1S/C19H26N4O/c1-2-10-23-17-4-3-5-18(23)12-16(11-17)22-19(24)21-15-8-6-14(13-20)7-9-15/h6-9,16-18H,2-5,10-12H2,1H3,(H2,21,22,24)/p+1/t16?,17-,18+. The molecule has 2 heterocycles. The molecule has 4 atom stereocenters. The Morgan fingerprint density at radius 1 is 1.25 bits per heavy atom.